The van der Waals surface area contributed by atoms with Crippen LogP contribution < -0.4 is 5.32 Å². The summed E-state index contributed by atoms with van der Waals surface area (Å²) in [5.41, 5.74) is 1.59. The first kappa shape index (κ1) is 18.2. The summed E-state index contributed by atoms with van der Waals surface area (Å²) in [6, 6.07) is 10.8. The Hall–Kier alpha value is -2.63. The molecule has 0 atom stereocenters. The number of phenols is 1. The van der Waals surface area contributed by atoms with E-state index >= 15 is 0 Å². The molecule has 2 aromatic rings. The molecule has 6 heteroatoms. The largest absolute Gasteiger partial charge is 0.508 e. The van der Waals surface area contributed by atoms with Crippen LogP contribution in [0.5, 0.6) is 5.75 Å². The normalized spacial score (nSPS) is 20.8. The Morgan fingerprint density at radius 3 is 2.31 bits per heavy atom. The van der Waals surface area contributed by atoms with Gasteiger partial charge in [0, 0.05) is 18.2 Å². The Morgan fingerprint density at radius 2 is 1.69 bits per heavy atom. The van der Waals surface area contributed by atoms with Gasteiger partial charge in [-0.2, -0.15) is 0 Å². The van der Waals surface area contributed by atoms with Crippen molar-refractivity contribution in [3.63, 3.8) is 0 Å². The number of hydrogen-bond donors (Lipinski definition) is 3. The molecule has 0 radical (unpaired) electrons. The maximum absolute atomic E-state index is 13.3. The van der Waals surface area contributed by atoms with Crippen molar-refractivity contribution in [1.82, 2.24) is 0 Å². The lowest BCUT2D eigenvalue weighted by Gasteiger charge is -2.29. The van der Waals surface area contributed by atoms with Gasteiger partial charge in [-0.3, -0.25) is 0 Å². The summed E-state index contributed by atoms with van der Waals surface area (Å²) in [6.07, 6.45) is 4.59. The fourth-order valence-electron chi connectivity index (χ4n) is 3.58. The van der Waals surface area contributed by atoms with Crippen molar-refractivity contribution in [3.05, 3.63) is 59.7 Å². The average molecular weight is 360 g/mol. The zero-order chi connectivity index (χ0) is 18.5. The number of amidine groups is 1. The SMILES string of the molecule is O/N=C(/C[C@H]1CC[C@@H](c2ccc(O)cc2)CC1)Nc1ccc(F)c(F)c1. The molecule has 0 spiro atoms. The summed E-state index contributed by atoms with van der Waals surface area (Å²) in [4.78, 5) is 0. The van der Waals surface area contributed by atoms with E-state index in [-0.39, 0.29) is 5.75 Å². The van der Waals surface area contributed by atoms with Gasteiger partial charge in [0.05, 0.1) is 0 Å². The average Bonchev–Trinajstić information content (AvgIpc) is 2.65. The van der Waals surface area contributed by atoms with Gasteiger partial charge < -0.3 is 15.6 Å². The fourth-order valence-corrected chi connectivity index (χ4v) is 3.58. The molecule has 0 unspecified atom stereocenters. The summed E-state index contributed by atoms with van der Waals surface area (Å²) in [5.74, 6) is -0.390. The molecule has 0 aliphatic heterocycles. The smallest absolute Gasteiger partial charge is 0.160 e. The van der Waals surface area contributed by atoms with E-state index in [0.29, 0.717) is 29.8 Å². The molecule has 0 heterocycles. The highest BCUT2D eigenvalue weighted by atomic mass is 19.2. The second-order valence-corrected chi connectivity index (χ2v) is 6.81. The van der Waals surface area contributed by atoms with E-state index in [1.54, 1.807) is 12.1 Å². The second-order valence-electron chi connectivity index (χ2n) is 6.81. The summed E-state index contributed by atoms with van der Waals surface area (Å²) in [5, 5.41) is 24.8. The number of halogens is 2. The van der Waals surface area contributed by atoms with Crippen molar-refractivity contribution in [1.29, 1.82) is 0 Å². The third-order valence-corrected chi connectivity index (χ3v) is 5.02. The Balaban J connectivity index is 1.54. The van der Waals surface area contributed by atoms with Gasteiger partial charge in [-0.25, -0.2) is 8.78 Å². The lowest BCUT2D eigenvalue weighted by molar-refractivity contribution is 0.306. The quantitative estimate of drug-likeness (QED) is 0.303. The van der Waals surface area contributed by atoms with E-state index in [1.165, 1.54) is 11.6 Å². The molecule has 0 aromatic heterocycles. The van der Waals surface area contributed by atoms with Crippen LogP contribution in [0.3, 0.4) is 0 Å². The molecular weight excluding hydrogens is 338 g/mol. The zero-order valence-electron chi connectivity index (χ0n) is 14.3. The van der Waals surface area contributed by atoms with Crippen LogP contribution >= 0.6 is 0 Å². The van der Waals surface area contributed by atoms with E-state index in [2.05, 4.69) is 10.5 Å². The van der Waals surface area contributed by atoms with E-state index < -0.39 is 11.6 Å². The maximum Gasteiger partial charge on any atom is 0.160 e. The van der Waals surface area contributed by atoms with Crippen molar-refractivity contribution in [3.8, 4) is 5.75 Å². The Morgan fingerprint density at radius 1 is 1.00 bits per heavy atom. The van der Waals surface area contributed by atoms with Gasteiger partial charge in [-0.1, -0.05) is 17.3 Å². The van der Waals surface area contributed by atoms with Crippen LogP contribution in [0, 0.1) is 17.6 Å². The summed E-state index contributed by atoms with van der Waals surface area (Å²) >= 11 is 0. The van der Waals surface area contributed by atoms with Gasteiger partial charge in [0.15, 0.2) is 11.6 Å². The first-order valence-corrected chi connectivity index (χ1v) is 8.77. The molecule has 0 amide bonds. The number of phenolic OH excluding ortho intramolecular Hbond substituents is 1. The summed E-state index contributed by atoms with van der Waals surface area (Å²) in [7, 11) is 0. The lowest BCUT2D eigenvalue weighted by Crippen LogP contribution is -2.21. The minimum atomic E-state index is -0.943. The molecule has 2 aromatic carbocycles. The third kappa shape index (κ3) is 4.50. The predicted octanol–water partition coefficient (Wildman–Crippen LogP) is 5.23. The lowest BCUT2D eigenvalue weighted by atomic mass is 9.77. The molecule has 1 saturated carbocycles. The predicted molar refractivity (Wildman–Crippen MR) is 96.6 cm³/mol. The minimum Gasteiger partial charge on any atom is -0.508 e. The molecule has 3 rings (SSSR count). The van der Waals surface area contributed by atoms with Crippen LogP contribution in [0.4, 0.5) is 14.5 Å². The van der Waals surface area contributed by atoms with Gasteiger partial charge in [-0.05, 0) is 67.3 Å². The number of nitrogens with one attached hydrogen (secondary N) is 1. The Labute approximate surface area is 151 Å². The molecule has 3 N–H and O–H groups in total. The molecule has 26 heavy (non-hydrogen) atoms. The van der Waals surface area contributed by atoms with Crippen LogP contribution in [0.15, 0.2) is 47.6 Å². The standard InChI is InChI=1S/C20H22F2N2O2/c21-18-10-7-16(12-19(18)22)23-20(24-26)11-13-1-3-14(4-2-13)15-5-8-17(25)9-6-15/h5-10,12-14,25-26H,1-4,11H2,(H,23,24)/t13-,14+. The number of oxime groups is 1. The van der Waals surface area contributed by atoms with E-state index in [9.17, 15) is 19.1 Å². The number of anilines is 1. The molecular formula is C20H22F2N2O2. The fraction of sp³-hybridized carbons (Fsp3) is 0.350. The third-order valence-electron chi connectivity index (χ3n) is 5.02. The van der Waals surface area contributed by atoms with Crippen molar-refractivity contribution in [2.45, 2.75) is 38.0 Å². The maximum atomic E-state index is 13.3. The number of rotatable bonds is 4. The van der Waals surface area contributed by atoms with Crippen LogP contribution in [-0.2, 0) is 0 Å². The molecule has 1 aliphatic rings. The molecule has 0 bridgehead atoms. The van der Waals surface area contributed by atoms with Gasteiger partial charge >= 0.3 is 0 Å². The molecule has 138 valence electrons. The minimum absolute atomic E-state index is 0.273. The number of benzene rings is 2. The van der Waals surface area contributed by atoms with Crippen molar-refractivity contribution in [2.75, 3.05) is 5.32 Å². The van der Waals surface area contributed by atoms with Gasteiger partial charge in [0.1, 0.15) is 11.6 Å². The highest BCUT2D eigenvalue weighted by Gasteiger charge is 2.24. The molecule has 0 saturated heterocycles. The van der Waals surface area contributed by atoms with Crippen molar-refractivity contribution < 1.29 is 19.1 Å². The highest BCUT2D eigenvalue weighted by molar-refractivity contribution is 5.95. The number of nitrogens with zero attached hydrogens (tertiary/aromatic N) is 1. The summed E-state index contributed by atoms with van der Waals surface area (Å²) in [6.45, 7) is 0. The monoisotopic (exact) mass is 360 g/mol. The van der Waals surface area contributed by atoms with Crippen LogP contribution in [0.1, 0.15) is 43.6 Å². The van der Waals surface area contributed by atoms with E-state index in [0.717, 1.165) is 37.8 Å². The molecule has 1 fully saturated rings. The summed E-state index contributed by atoms with van der Waals surface area (Å²) < 4.78 is 26.3. The van der Waals surface area contributed by atoms with Crippen LogP contribution in [0.25, 0.3) is 0 Å². The molecule has 4 nitrogen and oxygen atoms in total. The number of aromatic hydroxyl groups is 1. The van der Waals surface area contributed by atoms with Gasteiger partial charge in [0.2, 0.25) is 0 Å². The highest BCUT2D eigenvalue weighted by Crippen LogP contribution is 2.37. The van der Waals surface area contributed by atoms with Crippen LogP contribution in [0.2, 0.25) is 0 Å². The van der Waals surface area contributed by atoms with E-state index in [1.807, 2.05) is 12.1 Å². The molecule has 1 aliphatic carbocycles. The van der Waals surface area contributed by atoms with Crippen molar-refractivity contribution >= 4 is 11.5 Å². The van der Waals surface area contributed by atoms with Crippen molar-refractivity contribution in [2.24, 2.45) is 11.1 Å². The first-order chi connectivity index (χ1) is 12.5. The second kappa shape index (κ2) is 8.17. The topological polar surface area (TPSA) is 64.9 Å². The van der Waals surface area contributed by atoms with Gasteiger partial charge in [0.25, 0.3) is 0 Å². The van der Waals surface area contributed by atoms with Gasteiger partial charge in [-0.15, -0.1) is 0 Å². The van der Waals surface area contributed by atoms with Crippen LogP contribution in [-0.4, -0.2) is 16.1 Å². The van der Waals surface area contributed by atoms with E-state index in [4.69, 9.17) is 0 Å². The number of hydrogen-bond acceptors (Lipinski definition) is 3. The zero-order valence-corrected chi connectivity index (χ0v) is 14.3. The first-order valence-electron chi connectivity index (χ1n) is 8.77. The Kier molecular flexibility index (Phi) is 5.71. The Bertz CT molecular complexity index is 770.